The minimum absolute atomic E-state index is 0.228. The van der Waals surface area contributed by atoms with Gasteiger partial charge in [0.05, 0.1) is 6.61 Å². The predicted molar refractivity (Wildman–Crippen MR) is 72.4 cm³/mol. The quantitative estimate of drug-likeness (QED) is 0.484. The van der Waals surface area contributed by atoms with Gasteiger partial charge in [0.15, 0.2) is 5.16 Å². The molecule has 0 fully saturated rings. The number of rotatable bonds is 6. The molecular formula is C12H19N3O2S. The molecule has 0 bridgehead atoms. The van der Waals surface area contributed by atoms with Crippen LogP contribution in [0.1, 0.15) is 32.9 Å². The van der Waals surface area contributed by atoms with Crippen molar-refractivity contribution in [1.29, 1.82) is 0 Å². The van der Waals surface area contributed by atoms with E-state index in [1.807, 2.05) is 13.8 Å². The minimum Gasteiger partial charge on any atom is -0.465 e. The first-order chi connectivity index (χ1) is 8.60. The molecule has 0 spiro atoms. The standard InChI is InChI=1S/C12H19N3O2S/c1-4-8-7-10(13)15-12(14-8)18-9(5-2)11(16)17-6-3/h7,9H,4-6H2,1-3H3,(H2,13,14,15)/t9-/m0/s1. The lowest BCUT2D eigenvalue weighted by atomic mass is 10.3. The highest BCUT2D eigenvalue weighted by molar-refractivity contribution is 8.00. The smallest absolute Gasteiger partial charge is 0.319 e. The van der Waals surface area contributed by atoms with Crippen LogP contribution in [0.3, 0.4) is 0 Å². The molecule has 1 aromatic rings. The molecule has 1 atom stereocenters. The number of carbonyl (C=O) groups is 1. The maximum atomic E-state index is 11.7. The lowest BCUT2D eigenvalue weighted by Gasteiger charge is -2.12. The third kappa shape index (κ3) is 4.18. The average Bonchev–Trinajstić information content (AvgIpc) is 2.35. The van der Waals surface area contributed by atoms with Crippen LogP contribution in [0.2, 0.25) is 0 Å². The summed E-state index contributed by atoms with van der Waals surface area (Å²) in [5.74, 6) is 0.206. The molecular weight excluding hydrogens is 250 g/mol. The van der Waals surface area contributed by atoms with E-state index in [1.165, 1.54) is 11.8 Å². The monoisotopic (exact) mass is 269 g/mol. The highest BCUT2D eigenvalue weighted by Crippen LogP contribution is 2.24. The molecule has 18 heavy (non-hydrogen) atoms. The molecule has 6 heteroatoms. The Hall–Kier alpha value is -1.30. The van der Waals surface area contributed by atoms with Gasteiger partial charge < -0.3 is 10.5 Å². The second kappa shape index (κ2) is 7.20. The fourth-order valence-corrected chi connectivity index (χ4v) is 2.30. The summed E-state index contributed by atoms with van der Waals surface area (Å²) in [6.45, 7) is 6.11. The summed E-state index contributed by atoms with van der Waals surface area (Å²) in [5, 5.41) is 0.253. The topological polar surface area (TPSA) is 78.1 Å². The Morgan fingerprint density at radius 3 is 2.72 bits per heavy atom. The Bertz CT molecular complexity index is 412. The van der Waals surface area contributed by atoms with Gasteiger partial charge in [0.1, 0.15) is 11.1 Å². The lowest BCUT2D eigenvalue weighted by Crippen LogP contribution is -2.20. The number of hydrogen-bond donors (Lipinski definition) is 1. The molecule has 0 aliphatic rings. The molecule has 100 valence electrons. The van der Waals surface area contributed by atoms with E-state index >= 15 is 0 Å². The Kier molecular flexibility index (Phi) is 5.91. The third-order valence-electron chi connectivity index (χ3n) is 2.31. The van der Waals surface area contributed by atoms with Crippen molar-refractivity contribution < 1.29 is 9.53 Å². The van der Waals surface area contributed by atoms with Crippen LogP contribution in [0.25, 0.3) is 0 Å². The van der Waals surface area contributed by atoms with Gasteiger partial charge in [0.25, 0.3) is 0 Å². The van der Waals surface area contributed by atoms with Gasteiger partial charge in [-0.05, 0) is 19.8 Å². The SMILES string of the molecule is CCOC(=O)[C@H](CC)Sc1nc(N)cc(CC)n1. The van der Waals surface area contributed by atoms with Crippen LogP contribution >= 0.6 is 11.8 Å². The van der Waals surface area contributed by atoms with E-state index in [0.717, 1.165) is 12.1 Å². The van der Waals surface area contributed by atoms with Crippen LogP contribution < -0.4 is 5.73 Å². The van der Waals surface area contributed by atoms with Crippen molar-refractivity contribution in [3.05, 3.63) is 11.8 Å². The van der Waals surface area contributed by atoms with E-state index in [1.54, 1.807) is 13.0 Å². The number of ether oxygens (including phenoxy) is 1. The number of aryl methyl sites for hydroxylation is 1. The summed E-state index contributed by atoms with van der Waals surface area (Å²) in [7, 11) is 0. The van der Waals surface area contributed by atoms with Gasteiger partial charge in [-0.3, -0.25) is 4.79 Å². The number of nitrogens with two attached hydrogens (primary N) is 1. The zero-order valence-corrected chi connectivity index (χ0v) is 11.8. The van der Waals surface area contributed by atoms with Crippen LogP contribution in [-0.2, 0) is 16.0 Å². The van der Waals surface area contributed by atoms with E-state index < -0.39 is 0 Å². The van der Waals surface area contributed by atoms with E-state index in [-0.39, 0.29) is 11.2 Å². The van der Waals surface area contributed by atoms with E-state index in [2.05, 4.69) is 9.97 Å². The Morgan fingerprint density at radius 1 is 1.44 bits per heavy atom. The van der Waals surface area contributed by atoms with Crippen LogP contribution in [0.5, 0.6) is 0 Å². The van der Waals surface area contributed by atoms with E-state index in [4.69, 9.17) is 10.5 Å². The van der Waals surface area contributed by atoms with Crippen LogP contribution in [-0.4, -0.2) is 27.8 Å². The maximum Gasteiger partial charge on any atom is 0.319 e. The second-order valence-corrected chi connectivity index (χ2v) is 4.86. The first-order valence-corrected chi connectivity index (χ1v) is 6.95. The maximum absolute atomic E-state index is 11.7. The zero-order chi connectivity index (χ0) is 13.5. The van der Waals surface area contributed by atoms with Crippen molar-refractivity contribution in [3.63, 3.8) is 0 Å². The summed E-state index contributed by atoms with van der Waals surface area (Å²) >= 11 is 1.30. The third-order valence-corrected chi connectivity index (χ3v) is 3.51. The summed E-state index contributed by atoms with van der Waals surface area (Å²) < 4.78 is 5.01. The molecule has 0 unspecified atom stereocenters. The number of hydrogen-bond acceptors (Lipinski definition) is 6. The molecule has 1 aromatic heterocycles. The molecule has 1 heterocycles. The molecule has 0 aromatic carbocycles. The largest absolute Gasteiger partial charge is 0.465 e. The number of thioether (sulfide) groups is 1. The number of aromatic nitrogens is 2. The second-order valence-electron chi connectivity index (χ2n) is 3.69. The number of anilines is 1. The fourth-order valence-electron chi connectivity index (χ4n) is 1.39. The average molecular weight is 269 g/mol. The molecule has 0 saturated carbocycles. The highest BCUT2D eigenvalue weighted by Gasteiger charge is 2.20. The number of nitrogen functional groups attached to an aromatic ring is 1. The van der Waals surface area contributed by atoms with Gasteiger partial charge in [-0.15, -0.1) is 0 Å². The normalized spacial score (nSPS) is 12.2. The number of carbonyl (C=O) groups excluding carboxylic acids is 1. The van der Waals surface area contributed by atoms with E-state index in [0.29, 0.717) is 24.0 Å². The van der Waals surface area contributed by atoms with Crippen molar-refractivity contribution in [1.82, 2.24) is 9.97 Å². The first kappa shape index (κ1) is 14.8. The molecule has 0 amide bonds. The number of esters is 1. The van der Waals surface area contributed by atoms with Crippen LogP contribution in [0.15, 0.2) is 11.2 Å². The van der Waals surface area contributed by atoms with Gasteiger partial charge in [0.2, 0.25) is 0 Å². The molecule has 2 N–H and O–H groups in total. The van der Waals surface area contributed by atoms with Gasteiger partial charge in [-0.25, -0.2) is 9.97 Å². The zero-order valence-electron chi connectivity index (χ0n) is 11.0. The Labute approximate surface area is 112 Å². The Morgan fingerprint density at radius 2 is 2.17 bits per heavy atom. The van der Waals surface area contributed by atoms with Crippen molar-refractivity contribution in [3.8, 4) is 0 Å². The summed E-state index contributed by atoms with van der Waals surface area (Å²) in [4.78, 5) is 20.2. The molecule has 0 saturated heterocycles. The molecule has 0 aliphatic carbocycles. The van der Waals surface area contributed by atoms with Gasteiger partial charge in [-0.1, -0.05) is 25.6 Å². The molecule has 0 radical (unpaired) electrons. The van der Waals surface area contributed by atoms with Crippen LogP contribution in [0.4, 0.5) is 5.82 Å². The molecule has 0 aliphatic heterocycles. The van der Waals surface area contributed by atoms with Crippen molar-refractivity contribution in [2.75, 3.05) is 12.3 Å². The van der Waals surface area contributed by atoms with Crippen molar-refractivity contribution in [2.45, 2.75) is 44.0 Å². The fraction of sp³-hybridized carbons (Fsp3) is 0.583. The van der Waals surface area contributed by atoms with Crippen LogP contribution in [0, 0.1) is 0 Å². The molecule has 1 rings (SSSR count). The summed E-state index contributed by atoms with van der Waals surface area (Å²) in [5.41, 5.74) is 6.58. The Balaban J connectivity index is 2.81. The summed E-state index contributed by atoms with van der Waals surface area (Å²) in [6, 6.07) is 1.75. The van der Waals surface area contributed by atoms with Crippen molar-refractivity contribution >= 4 is 23.5 Å². The number of nitrogens with zero attached hydrogens (tertiary/aromatic N) is 2. The first-order valence-electron chi connectivity index (χ1n) is 6.07. The van der Waals surface area contributed by atoms with E-state index in [9.17, 15) is 4.79 Å². The molecule has 5 nitrogen and oxygen atoms in total. The van der Waals surface area contributed by atoms with Crippen molar-refractivity contribution in [2.24, 2.45) is 0 Å². The van der Waals surface area contributed by atoms with Gasteiger partial charge >= 0.3 is 5.97 Å². The van der Waals surface area contributed by atoms with Gasteiger partial charge in [-0.2, -0.15) is 0 Å². The predicted octanol–water partition coefficient (Wildman–Crippen LogP) is 2.05. The minimum atomic E-state index is -0.281. The highest BCUT2D eigenvalue weighted by atomic mass is 32.2. The lowest BCUT2D eigenvalue weighted by molar-refractivity contribution is -0.142. The van der Waals surface area contributed by atoms with Gasteiger partial charge in [0, 0.05) is 11.8 Å². The summed E-state index contributed by atoms with van der Waals surface area (Å²) in [6.07, 6.45) is 1.46.